The van der Waals surface area contributed by atoms with Crippen molar-refractivity contribution in [3.8, 4) is 11.1 Å². The summed E-state index contributed by atoms with van der Waals surface area (Å²) in [5.74, 6) is -0.418. The van der Waals surface area contributed by atoms with Gasteiger partial charge in [0.15, 0.2) is 0 Å². The van der Waals surface area contributed by atoms with E-state index in [0.717, 1.165) is 14.7 Å². The highest BCUT2D eigenvalue weighted by Gasteiger charge is 2.05. The van der Waals surface area contributed by atoms with Gasteiger partial charge in [-0.15, -0.1) is 0 Å². The molecule has 0 aliphatic rings. The third kappa shape index (κ3) is 2.98. The summed E-state index contributed by atoms with van der Waals surface area (Å²) in [6.45, 7) is 0. The van der Waals surface area contributed by atoms with Crippen LogP contribution >= 0.6 is 34.2 Å². The van der Waals surface area contributed by atoms with Crippen molar-refractivity contribution in [1.29, 1.82) is 0 Å². The lowest BCUT2D eigenvalue weighted by molar-refractivity contribution is 0.100. The molecule has 0 aliphatic heterocycles. The number of nitrogens with two attached hydrogens (primary N) is 1. The topological polar surface area (TPSA) is 43.1 Å². The quantitative estimate of drug-likeness (QED) is 0.818. The van der Waals surface area contributed by atoms with Gasteiger partial charge in [0.25, 0.3) is 0 Å². The van der Waals surface area contributed by atoms with E-state index in [-0.39, 0.29) is 0 Å². The highest BCUT2D eigenvalue weighted by atomic mass is 127. The summed E-state index contributed by atoms with van der Waals surface area (Å²) < 4.78 is 0.976. The summed E-state index contributed by atoms with van der Waals surface area (Å²) >= 11 is 8.00. The van der Waals surface area contributed by atoms with Crippen LogP contribution in [0.15, 0.2) is 42.5 Å². The van der Waals surface area contributed by atoms with E-state index in [1.165, 1.54) is 0 Å². The first-order chi connectivity index (χ1) is 8.06. The van der Waals surface area contributed by atoms with Gasteiger partial charge in [0, 0.05) is 14.2 Å². The minimum absolute atomic E-state index is 0.418. The molecule has 2 aromatic carbocycles. The van der Waals surface area contributed by atoms with Crippen molar-refractivity contribution in [2.75, 3.05) is 0 Å². The van der Waals surface area contributed by atoms with Crippen molar-refractivity contribution < 1.29 is 4.79 Å². The Hall–Kier alpha value is -1.07. The number of hydrogen-bond acceptors (Lipinski definition) is 1. The van der Waals surface area contributed by atoms with Crippen molar-refractivity contribution in [2.24, 2.45) is 5.73 Å². The zero-order valence-corrected chi connectivity index (χ0v) is 11.7. The summed E-state index contributed by atoms with van der Waals surface area (Å²) in [4.78, 5) is 11.2. The lowest BCUT2D eigenvalue weighted by Gasteiger charge is -2.05. The van der Waals surface area contributed by atoms with E-state index >= 15 is 0 Å². The Balaban J connectivity index is 2.51. The van der Waals surface area contributed by atoms with Crippen LogP contribution < -0.4 is 5.73 Å². The van der Waals surface area contributed by atoms with Gasteiger partial charge in [-0.2, -0.15) is 0 Å². The number of hydrogen-bond donors (Lipinski definition) is 1. The Morgan fingerprint density at radius 1 is 1.06 bits per heavy atom. The molecule has 17 heavy (non-hydrogen) atoms. The lowest BCUT2D eigenvalue weighted by Crippen LogP contribution is -2.11. The SMILES string of the molecule is NC(=O)c1cc(I)cc(-c2ccc(Cl)cc2)c1. The van der Waals surface area contributed by atoms with Crippen LogP contribution in [0.1, 0.15) is 10.4 Å². The van der Waals surface area contributed by atoms with Crippen LogP contribution in [0.2, 0.25) is 5.02 Å². The van der Waals surface area contributed by atoms with Gasteiger partial charge >= 0.3 is 0 Å². The molecule has 2 N–H and O–H groups in total. The molecule has 2 aromatic rings. The molecule has 0 aliphatic carbocycles. The smallest absolute Gasteiger partial charge is 0.248 e. The first kappa shape index (κ1) is 12.4. The molecule has 1 amide bonds. The summed E-state index contributed by atoms with van der Waals surface area (Å²) in [5.41, 5.74) is 7.78. The normalized spacial score (nSPS) is 10.2. The highest BCUT2D eigenvalue weighted by molar-refractivity contribution is 14.1. The molecule has 0 fully saturated rings. The molecule has 0 unspecified atom stereocenters. The van der Waals surface area contributed by atoms with E-state index < -0.39 is 5.91 Å². The van der Waals surface area contributed by atoms with E-state index in [1.807, 2.05) is 30.3 Å². The number of carbonyl (C=O) groups excluding carboxylic acids is 1. The second kappa shape index (κ2) is 5.06. The summed E-state index contributed by atoms with van der Waals surface area (Å²) in [6, 6.07) is 13.0. The van der Waals surface area contributed by atoms with Crippen LogP contribution in [-0.2, 0) is 0 Å². The lowest BCUT2D eigenvalue weighted by atomic mass is 10.0. The number of halogens is 2. The molecule has 0 heterocycles. The van der Waals surface area contributed by atoms with Gasteiger partial charge in [0.2, 0.25) is 5.91 Å². The van der Waals surface area contributed by atoms with Crippen LogP contribution in [0.3, 0.4) is 0 Å². The van der Waals surface area contributed by atoms with Crippen LogP contribution in [0.4, 0.5) is 0 Å². The molecule has 0 bridgehead atoms. The van der Waals surface area contributed by atoms with Gasteiger partial charge in [0.05, 0.1) is 0 Å². The van der Waals surface area contributed by atoms with Crippen molar-refractivity contribution in [3.63, 3.8) is 0 Å². The molecule has 0 spiro atoms. The molecule has 0 aromatic heterocycles. The van der Waals surface area contributed by atoms with Crippen molar-refractivity contribution >= 4 is 40.1 Å². The number of benzene rings is 2. The van der Waals surface area contributed by atoms with E-state index in [2.05, 4.69) is 22.6 Å². The molecule has 4 heteroatoms. The minimum atomic E-state index is -0.418. The fourth-order valence-corrected chi connectivity index (χ4v) is 2.34. The summed E-state index contributed by atoms with van der Waals surface area (Å²) in [5, 5.41) is 0.689. The van der Waals surface area contributed by atoms with Gasteiger partial charge in [-0.05, 0) is 64.0 Å². The largest absolute Gasteiger partial charge is 0.366 e. The number of rotatable bonds is 2. The van der Waals surface area contributed by atoms with E-state index in [0.29, 0.717) is 10.6 Å². The van der Waals surface area contributed by atoms with E-state index in [4.69, 9.17) is 17.3 Å². The average molecular weight is 358 g/mol. The predicted molar refractivity (Wildman–Crippen MR) is 78.1 cm³/mol. The fourth-order valence-electron chi connectivity index (χ4n) is 1.54. The molecular formula is C13H9ClINO. The third-order valence-corrected chi connectivity index (χ3v) is 3.23. The van der Waals surface area contributed by atoms with Gasteiger partial charge in [-0.3, -0.25) is 4.79 Å². The first-order valence-corrected chi connectivity index (χ1v) is 6.38. The van der Waals surface area contributed by atoms with Gasteiger partial charge < -0.3 is 5.73 Å². The Bertz CT molecular complexity index is 566. The third-order valence-electron chi connectivity index (χ3n) is 2.36. The van der Waals surface area contributed by atoms with Crippen molar-refractivity contribution in [1.82, 2.24) is 0 Å². The molecule has 0 saturated carbocycles. The second-order valence-electron chi connectivity index (χ2n) is 3.60. The Morgan fingerprint density at radius 2 is 1.71 bits per heavy atom. The maximum absolute atomic E-state index is 11.2. The zero-order chi connectivity index (χ0) is 12.4. The highest BCUT2D eigenvalue weighted by Crippen LogP contribution is 2.24. The standard InChI is InChI=1S/C13H9ClINO/c14-11-3-1-8(2-4-11)9-5-10(13(16)17)7-12(15)6-9/h1-7H,(H2,16,17). The average Bonchev–Trinajstić information content (AvgIpc) is 2.29. The second-order valence-corrected chi connectivity index (χ2v) is 5.28. The van der Waals surface area contributed by atoms with E-state index in [9.17, 15) is 4.79 Å². The van der Waals surface area contributed by atoms with Crippen LogP contribution in [0.25, 0.3) is 11.1 Å². The summed E-state index contributed by atoms with van der Waals surface area (Å²) in [6.07, 6.45) is 0. The number of primary amides is 1. The minimum Gasteiger partial charge on any atom is -0.366 e. The Labute approximate surface area is 118 Å². The molecule has 0 radical (unpaired) electrons. The maximum Gasteiger partial charge on any atom is 0.248 e. The molecule has 2 rings (SSSR count). The molecule has 0 saturated heterocycles. The summed E-state index contributed by atoms with van der Waals surface area (Å²) in [7, 11) is 0. The fraction of sp³-hybridized carbons (Fsp3) is 0. The molecule has 0 atom stereocenters. The monoisotopic (exact) mass is 357 g/mol. The molecular weight excluding hydrogens is 349 g/mol. The van der Waals surface area contributed by atoms with E-state index in [1.54, 1.807) is 12.1 Å². The maximum atomic E-state index is 11.2. The van der Waals surface area contributed by atoms with Gasteiger partial charge in [0.1, 0.15) is 0 Å². The van der Waals surface area contributed by atoms with Crippen molar-refractivity contribution in [2.45, 2.75) is 0 Å². The van der Waals surface area contributed by atoms with Crippen LogP contribution in [0, 0.1) is 3.57 Å². The Morgan fingerprint density at radius 3 is 2.29 bits per heavy atom. The molecule has 2 nitrogen and oxygen atoms in total. The van der Waals surface area contributed by atoms with Gasteiger partial charge in [-0.25, -0.2) is 0 Å². The van der Waals surface area contributed by atoms with Crippen LogP contribution in [-0.4, -0.2) is 5.91 Å². The van der Waals surface area contributed by atoms with Gasteiger partial charge in [-0.1, -0.05) is 23.7 Å². The zero-order valence-electron chi connectivity index (χ0n) is 8.78. The Kier molecular flexibility index (Phi) is 3.69. The molecule has 86 valence electrons. The van der Waals surface area contributed by atoms with Crippen molar-refractivity contribution in [3.05, 3.63) is 56.6 Å². The predicted octanol–water partition coefficient (Wildman–Crippen LogP) is 3.71. The number of carbonyl (C=O) groups is 1. The first-order valence-electron chi connectivity index (χ1n) is 4.92. The van der Waals surface area contributed by atoms with Crippen LogP contribution in [0.5, 0.6) is 0 Å². The number of amides is 1.